The Kier molecular flexibility index (Phi) is 5.28. The molecule has 27 heavy (non-hydrogen) atoms. The number of nitrogens with zero attached hydrogens (tertiary/aromatic N) is 3. The fraction of sp³-hybridized carbons (Fsp3) is 0.455. The number of carbonyl (C=O) groups is 1. The van der Waals surface area contributed by atoms with Crippen LogP contribution in [0.5, 0.6) is 5.75 Å². The summed E-state index contributed by atoms with van der Waals surface area (Å²) < 4.78 is 5.54. The van der Waals surface area contributed by atoms with E-state index >= 15 is 0 Å². The Balaban J connectivity index is 1.49. The van der Waals surface area contributed by atoms with Crippen LogP contribution in [0.1, 0.15) is 47.5 Å². The van der Waals surface area contributed by atoms with Crippen molar-refractivity contribution in [2.24, 2.45) is 0 Å². The number of benzene rings is 1. The first-order valence-electron chi connectivity index (χ1n) is 9.90. The van der Waals surface area contributed by atoms with Crippen LogP contribution in [0.25, 0.3) is 0 Å². The highest BCUT2D eigenvalue weighted by molar-refractivity contribution is 5.99. The Hall–Kier alpha value is -2.56. The number of piperidine rings is 1. The molecule has 0 radical (unpaired) electrons. The molecule has 2 aliphatic rings. The van der Waals surface area contributed by atoms with E-state index in [1.165, 1.54) is 5.56 Å². The fourth-order valence-electron chi connectivity index (χ4n) is 4.31. The van der Waals surface area contributed by atoms with Crippen molar-refractivity contribution in [2.75, 3.05) is 38.2 Å². The third-order valence-electron chi connectivity index (χ3n) is 5.78. The first-order chi connectivity index (χ1) is 13.3. The lowest BCUT2D eigenvalue weighted by molar-refractivity contribution is 0.0793. The molecule has 2 fully saturated rings. The molecule has 0 spiro atoms. The predicted octanol–water partition coefficient (Wildman–Crippen LogP) is 3.71. The van der Waals surface area contributed by atoms with Gasteiger partial charge in [0.05, 0.1) is 12.7 Å². The molecule has 0 N–H and O–H groups in total. The largest absolute Gasteiger partial charge is 0.496 e. The van der Waals surface area contributed by atoms with Crippen LogP contribution >= 0.6 is 0 Å². The molecule has 0 saturated carbocycles. The Morgan fingerprint density at radius 2 is 1.78 bits per heavy atom. The number of anilines is 1. The molecule has 0 unspecified atom stereocenters. The maximum Gasteiger partial charge on any atom is 0.257 e. The van der Waals surface area contributed by atoms with Crippen LogP contribution in [0.2, 0.25) is 0 Å². The highest BCUT2D eigenvalue weighted by Gasteiger charge is 2.28. The SMILES string of the molecule is COc1ccccc1C1CCN(c2ncccc2C(=O)N2CCCC2)CC1. The minimum absolute atomic E-state index is 0.127. The second-order valence-electron chi connectivity index (χ2n) is 7.38. The van der Waals surface area contributed by atoms with Crippen molar-refractivity contribution in [1.29, 1.82) is 0 Å². The van der Waals surface area contributed by atoms with Crippen molar-refractivity contribution in [3.05, 3.63) is 53.7 Å². The van der Waals surface area contributed by atoms with Gasteiger partial charge in [-0.3, -0.25) is 4.79 Å². The number of amides is 1. The first-order valence-corrected chi connectivity index (χ1v) is 9.90. The molecule has 0 atom stereocenters. The van der Waals surface area contributed by atoms with Crippen molar-refractivity contribution < 1.29 is 9.53 Å². The summed E-state index contributed by atoms with van der Waals surface area (Å²) in [4.78, 5) is 21.7. The Bertz CT molecular complexity index is 794. The van der Waals surface area contributed by atoms with Gasteiger partial charge in [0.2, 0.25) is 0 Å². The summed E-state index contributed by atoms with van der Waals surface area (Å²) in [5, 5.41) is 0. The van der Waals surface area contributed by atoms with Crippen LogP contribution in [0.3, 0.4) is 0 Å². The van der Waals surface area contributed by atoms with Gasteiger partial charge in [0, 0.05) is 32.4 Å². The maximum absolute atomic E-state index is 12.9. The second kappa shape index (κ2) is 7.99. The van der Waals surface area contributed by atoms with Crippen molar-refractivity contribution in [3.8, 4) is 5.75 Å². The van der Waals surface area contributed by atoms with E-state index in [4.69, 9.17) is 4.74 Å². The summed E-state index contributed by atoms with van der Waals surface area (Å²) in [5.74, 6) is 2.42. The highest BCUT2D eigenvalue weighted by Crippen LogP contribution is 2.35. The van der Waals surface area contributed by atoms with Crippen LogP contribution in [-0.4, -0.2) is 49.1 Å². The van der Waals surface area contributed by atoms with E-state index in [2.05, 4.69) is 22.0 Å². The zero-order chi connectivity index (χ0) is 18.6. The summed E-state index contributed by atoms with van der Waals surface area (Å²) in [6.07, 6.45) is 6.07. The van der Waals surface area contributed by atoms with E-state index in [0.29, 0.717) is 5.92 Å². The molecule has 3 heterocycles. The quantitative estimate of drug-likeness (QED) is 0.829. The average Bonchev–Trinajstić information content (AvgIpc) is 3.28. The number of rotatable bonds is 4. The molecule has 5 heteroatoms. The predicted molar refractivity (Wildman–Crippen MR) is 107 cm³/mol. The van der Waals surface area contributed by atoms with Gasteiger partial charge in [-0.1, -0.05) is 18.2 Å². The monoisotopic (exact) mass is 365 g/mol. The van der Waals surface area contributed by atoms with E-state index in [9.17, 15) is 4.79 Å². The zero-order valence-electron chi connectivity index (χ0n) is 15.9. The fourth-order valence-corrected chi connectivity index (χ4v) is 4.31. The summed E-state index contributed by atoms with van der Waals surface area (Å²) in [5.41, 5.74) is 2.03. The number of hydrogen-bond acceptors (Lipinski definition) is 4. The van der Waals surface area contributed by atoms with E-state index in [-0.39, 0.29) is 5.91 Å². The third kappa shape index (κ3) is 3.64. The number of carbonyl (C=O) groups excluding carboxylic acids is 1. The van der Waals surface area contributed by atoms with Crippen molar-refractivity contribution in [3.63, 3.8) is 0 Å². The van der Waals surface area contributed by atoms with E-state index in [1.54, 1.807) is 13.3 Å². The molecule has 2 aliphatic heterocycles. The van der Waals surface area contributed by atoms with Gasteiger partial charge in [0.15, 0.2) is 0 Å². The van der Waals surface area contributed by atoms with Crippen LogP contribution in [0, 0.1) is 0 Å². The number of aromatic nitrogens is 1. The summed E-state index contributed by atoms with van der Waals surface area (Å²) in [6.45, 7) is 3.53. The first kappa shape index (κ1) is 17.8. The molecular formula is C22H27N3O2. The molecule has 1 aromatic heterocycles. The molecule has 1 amide bonds. The number of pyridine rings is 1. The normalized spacial score (nSPS) is 18.0. The van der Waals surface area contributed by atoms with Crippen LogP contribution in [0.15, 0.2) is 42.6 Å². The van der Waals surface area contributed by atoms with Crippen molar-refractivity contribution in [2.45, 2.75) is 31.6 Å². The minimum Gasteiger partial charge on any atom is -0.496 e. The lowest BCUT2D eigenvalue weighted by Gasteiger charge is -2.34. The van der Waals surface area contributed by atoms with Crippen LogP contribution in [0.4, 0.5) is 5.82 Å². The zero-order valence-corrected chi connectivity index (χ0v) is 15.9. The van der Waals surface area contributed by atoms with E-state index in [1.807, 2.05) is 29.2 Å². The van der Waals surface area contributed by atoms with Gasteiger partial charge in [0.1, 0.15) is 11.6 Å². The second-order valence-corrected chi connectivity index (χ2v) is 7.38. The van der Waals surface area contributed by atoms with Crippen LogP contribution in [-0.2, 0) is 0 Å². The summed E-state index contributed by atoms with van der Waals surface area (Å²) >= 11 is 0. The Labute approximate surface area is 161 Å². The topological polar surface area (TPSA) is 45.7 Å². The third-order valence-corrected chi connectivity index (χ3v) is 5.78. The number of likely N-dealkylation sites (tertiary alicyclic amines) is 1. The molecule has 2 aromatic rings. The van der Waals surface area contributed by atoms with Gasteiger partial charge < -0.3 is 14.5 Å². The van der Waals surface area contributed by atoms with Crippen LogP contribution < -0.4 is 9.64 Å². The molecular weight excluding hydrogens is 338 g/mol. The van der Waals surface area contributed by atoms with Gasteiger partial charge in [0.25, 0.3) is 5.91 Å². The minimum atomic E-state index is 0.127. The molecule has 0 bridgehead atoms. The number of ether oxygens (including phenoxy) is 1. The molecule has 0 aliphatic carbocycles. The standard InChI is InChI=1S/C22H27N3O2/c1-27-20-9-3-2-7-18(20)17-10-15-24(16-11-17)21-19(8-6-12-23-21)22(26)25-13-4-5-14-25/h2-3,6-9,12,17H,4-5,10-11,13-16H2,1H3. The van der Waals surface area contributed by atoms with E-state index < -0.39 is 0 Å². The Morgan fingerprint density at radius 3 is 2.52 bits per heavy atom. The number of methoxy groups -OCH3 is 1. The number of para-hydroxylation sites is 1. The molecule has 142 valence electrons. The van der Waals surface area contributed by atoms with Gasteiger partial charge in [-0.15, -0.1) is 0 Å². The number of hydrogen-bond donors (Lipinski definition) is 0. The van der Waals surface area contributed by atoms with Crippen molar-refractivity contribution >= 4 is 11.7 Å². The van der Waals surface area contributed by atoms with E-state index in [0.717, 1.165) is 69.0 Å². The molecule has 1 aromatic carbocycles. The lowest BCUT2D eigenvalue weighted by atomic mass is 9.88. The van der Waals surface area contributed by atoms with Gasteiger partial charge in [-0.2, -0.15) is 0 Å². The smallest absolute Gasteiger partial charge is 0.257 e. The maximum atomic E-state index is 12.9. The summed E-state index contributed by atoms with van der Waals surface area (Å²) in [6, 6.07) is 12.1. The van der Waals surface area contributed by atoms with Crippen molar-refractivity contribution in [1.82, 2.24) is 9.88 Å². The molecule has 5 nitrogen and oxygen atoms in total. The average molecular weight is 365 g/mol. The van der Waals surface area contributed by atoms with Gasteiger partial charge in [-0.25, -0.2) is 4.98 Å². The summed E-state index contributed by atoms with van der Waals surface area (Å²) in [7, 11) is 1.73. The Morgan fingerprint density at radius 1 is 1.04 bits per heavy atom. The molecule has 4 rings (SSSR count). The van der Waals surface area contributed by atoms with Gasteiger partial charge in [-0.05, 0) is 55.4 Å². The lowest BCUT2D eigenvalue weighted by Crippen LogP contribution is -2.36. The van der Waals surface area contributed by atoms with Gasteiger partial charge >= 0.3 is 0 Å². The molecule has 2 saturated heterocycles. The highest BCUT2D eigenvalue weighted by atomic mass is 16.5.